The van der Waals surface area contributed by atoms with Crippen LogP contribution in [-0.2, 0) is 24.7 Å². The molecule has 0 unspecified atom stereocenters. The zero-order valence-corrected chi connectivity index (χ0v) is 13.8. The van der Waals surface area contributed by atoms with Crippen molar-refractivity contribution in [3.63, 3.8) is 0 Å². The van der Waals surface area contributed by atoms with Gasteiger partial charge >= 0.3 is 0 Å². The number of imidazole rings is 1. The van der Waals surface area contributed by atoms with Crippen LogP contribution in [0.3, 0.4) is 0 Å². The Morgan fingerprint density at radius 3 is 2.96 bits per heavy atom. The van der Waals surface area contributed by atoms with E-state index < -0.39 is 0 Å². The molecule has 1 N–H and O–H groups in total. The summed E-state index contributed by atoms with van der Waals surface area (Å²) in [5, 5.41) is 2.94. The summed E-state index contributed by atoms with van der Waals surface area (Å²) in [4.78, 5) is 20.9. The number of carbonyl (C=O) groups excluding carboxylic acids is 1. The molecule has 0 radical (unpaired) electrons. The smallest absolute Gasteiger partial charge is 0.224 e. The van der Waals surface area contributed by atoms with Crippen LogP contribution in [0.25, 0.3) is 11.2 Å². The highest BCUT2D eigenvalue weighted by molar-refractivity contribution is 5.78. The number of aromatic nitrogens is 3. The van der Waals surface area contributed by atoms with E-state index in [2.05, 4.69) is 15.3 Å². The molecule has 3 rings (SSSR count). The fraction of sp³-hybridized carbons (Fsp3) is 0.278. The zero-order chi connectivity index (χ0) is 16.9. The van der Waals surface area contributed by atoms with Gasteiger partial charge in [0.15, 0.2) is 5.65 Å². The fourth-order valence-electron chi connectivity index (χ4n) is 2.64. The van der Waals surface area contributed by atoms with Crippen LogP contribution in [0.5, 0.6) is 5.75 Å². The summed E-state index contributed by atoms with van der Waals surface area (Å²) in [7, 11) is 3.56. The van der Waals surface area contributed by atoms with Crippen molar-refractivity contribution in [1.29, 1.82) is 0 Å². The molecule has 24 heavy (non-hydrogen) atoms. The van der Waals surface area contributed by atoms with E-state index in [1.165, 1.54) is 0 Å². The molecule has 0 saturated carbocycles. The molecule has 0 aliphatic rings. The number of amides is 1. The first-order valence-corrected chi connectivity index (χ1v) is 7.83. The lowest BCUT2D eigenvalue weighted by Gasteiger charge is -2.07. The molecule has 0 fully saturated rings. The Balaban J connectivity index is 1.55. The molecular formula is C18H20N4O2. The summed E-state index contributed by atoms with van der Waals surface area (Å²) < 4.78 is 7.13. The summed E-state index contributed by atoms with van der Waals surface area (Å²) in [6.07, 6.45) is 2.75. The summed E-state index contributed by atoms with van der Waals surface area (Å²) in [5.41, 5.74) is 2.66. The van der Waals surface area contributed by atoms with Crippen LogP contribution in [0.2, 0.25) is 0 Å². The van der Waals surface area contributed by atoms with Gasteiger partial charge in [-0.05, 0) is 29.8 Å². The van der Waals surface area contributed by atoms with Crippen molar-refractivity contribution in [2.45, 2.75) is 12.8 Å². The highest BCUT2D eigenvalue weighted by Gasteiger charge is 2.09. The molecule has 0 bridgehead atoms. The molecule has 2 heterocycles. The van der Waals surface area contributed by atoms with E-state index in [1.807, 2.05) is 48.0 Å². The van der Waals surface area contributed by atoms with E-state index in [0.29, 0.717) is 19.4 Å². The minimum absolute atomic E-state index is 0.0138. The quantitative estimate of drug-likeness (QED) is 0.752. The number of ether oxygens (including phenoxy) is 1. The predicted molar refractivity (Wildman–Crippen MR) is 91.9 cm³/mol. The van der Waals surface area contributed by atoms with Gasteiger partial charge in [0, 0.05) is 26.2 Å². The lowest BCUT2D eigenvalue weighted by molar-refractivity contribution is -0.120. The average molecular weight is 324 g/mol. The first-order valence-electron chi connectivity index (χ1n) is 7.83. The van der Waals surface area contributed by atoms with Crippen LogP contribution < -0.4 is 10.1 Å². The van der Waals surface area contributed by atoms with Crippen LogP contribution in [0.1, 0.15) is 11.4 Å². The Labute approximate surface area is 140 Å². The lowest BCUT2D eigenvalue weighted by Crippen LogP contribution is -2.27. The minimum atomic E-state index is -0.0138. The van der Waals surface area contributed by atoms with Gasteiger partial charge in [-0.25, -0.2) is 9.97 Å². The molecule has 0 spiro atoms. The monoisotopic (exact) mass is 324 g/mol. The molecule has 6 heteroatoms. The van der Waals surface area contributed by atoms with Crippen molar-refractivity contribution in [3.05, 3.63) is 54.0 Å². The molecule has 124 valence electrons. The number of methoxy groups -OCH3 is 1. The Kier molecular flexibility index (Phi) is 4.74. The van der Waals surface area contributed by atoms with Gasteiger partial charge in [0.25, 0.3) is 0 Å². The third-order valence-electron chi connectivity index (χ3n) is 3.89. The molecule has 6 nitrogen and oxygen atoms in total. The number of hydrogen-bond acceptors (Lipinski definition) is 4. The fourth-order valence-corrected chi connectivity index (χ4v) is 2.64. The number of hydrogen-bond donors (Lipinski definition) is 1. The van der Waals surface area contributed by atoms with Gasteiger partial charge in [0.1, 0.15) is 17.1 Å². The molecule has 1 aromatic carbocycles. The summed E-state index contributed by atoms with van der Waals surface area (Å²) in [5.74, 6) is 1.65. The lowest BCUT2D eigenvalue weighted by atomic mass is 10.1. The standard InChI is InChI=1S/C18H20N4O2/c1-22-16(21-15-7-4-9-20-18(15)22)8-10-19-17(23)12-13-5-3-6-14(11-13)24-2/h3-7,9,11H,8,10,12H2,1-2H3,(H,19,23). The second-order valence-corrected chi connectivity index (χ2v) is 5.56. The van der Waals surface area contributed by atoms with Crippen molar-refractivity contribution < 1.29 is 9.53 Å². The van der Waals surface area contributed by atoms with E-state index in [0.717, 1.165) is 28.3 Å². The van der Waals surface area contributed by atoms with Crippen molar-refractivity contribution in [3.8, 4) is 5.75 Å². The van der Waals surface area contributed by atoms with Crippen molar-refractivity contribution in [1.82, 2.24) is 19.9 Å². The Hall–Kier alpha value is -2.89. The second kappa shape index (κ2) is 7.12. The maximum atomic E-state index is 12.1. The highest BCUT2D eigenvalue weighted by atomic mass is 16.5. The second-order valence-electron chi connectivity index (χ2n) is 5.56. The van der Waals surface area contributed by atoms with Gasteiger partial charge < -0.3 is 14.6 Å². The topological polar surface area (TPSA) is 69.0 Å². The number of benzene rings is 1. The van der Waals surface area contributed by atoms with Crippen molar-refractivity contribution in [2.75, 3.05) is 13.7 Å². The number of rotatable bonds is 6. The maximum absolute atomic E-state index is 12.1. The molecule has 0 aliphatic heterocycles. The third-order valence-corrected chi connectivity index (χ3v) is 3.89. The number of fused-ring (bicyclic) bond motifs is 1. The van der Waals surface area contributed by atoms with Crippen molar-refractivity contribution >= 4 is 17.1 Å². The van der Waals surface area contributed by atoms with Crippen LogP contribution in [0, 0.1) is 0 Å². The largest absolute Gasteiger partial charge is 0.497 e. The van der Waals surface area contributed by atoms with Crippen LogP contribution >= 0.6 is 0 Å². The summed E-state index contributed by atoms with van der Waals surface area (Å²) >= 11 is 0. The van der Waals surface area contributed by atoms with Crippen LogP contribution in [0.4, 0.5) is 0 Å². The maximum Gasteiger partial charge on any atom is 0.224 e. The molecule has 3 aromatic rings. The molecule has 0 saturated heterocycles. The minimum Gasteiger partial charge on any atom is -0.497 e. The molecular weight excluding hydrogens is 304 g/mol. The first kappa shape index (κ1) is 16.0. The third kappa shape index (κ3) is 3.53. The van der Waals surface area contributed by atoms with E-state index in [-0.39, 0.29) is 5.91 Å². The number of carbonyl (C=O) groups is 1. The Morgan fingerprint density at radius 1 is 1.29 bits per heavy atom. The van der Waals surface area contributed by atoms with E-state index in [4.69, 9.17) is 4.74 Å². The van der Waals surface area contributed by atoms with Crippen molar-refractivity contribution in [2.24, 2.45) is 7.05 Å². The number of nitrogens with one attached hydrogen (secondary N) is 1. The van der Waals surface area contributed by atoms with E-state index in [1.54, 1.807) is 13.3 Å². The SMILES string of the molecule is COc1cccc(CC(=O)NCCc2nc3cccnc3n2C)c1. The highest BCUT2D eigenvalue weighted by Crippen LogP contribution is 2.13. The molecule has 2 aromatic heterocycles. The first-order chi connectivity index (χ1) is 11.7. The van der Waals surface area contributed by atoms with Gasteiger partial charge in [-0.15, -0.1) is 0 Å². The number of nitrogens with zero attached hydrogens (tertiary/aromatic N) is 3. The zero-order valence-electron chi connectivity index (χ0n) is 13.8. The predicted octanol–water partition coefficient (Wildman–Crippen LogP) is 1.88. The summed E-state index contributed by atoms with van der Waals surface area (Å²) in [6.45, 7) is 0.542. The van der Waals surface area contributed by atoms with Gasteiger partial charge in [-0.2, -0.15) is 0 Å². The molecule has 0 atom stereocenters. The van der Waals surface area contributed by atoms with Gasteiger partial charge in [0.05, 0.1) is 13.5 Å². The van der Waals surface area contributed by atoms with Crippen LogP contribution in [0.15, 0.2) is 42.6 Å². The normalized spacial score (nSPS) is 10.8. The number of aryl methyl sites for hydroxylation is 1. The summed E-state index contributed by atoms with van der Waals surface area (Å²) in [6, 6.07) is 11.3. The van der Waals surface area contributed by atoms with Gasteiger partial charge in [-0.1, -0.05) is 12.1 Å². The molecule has 0 aliphatic carbocycles. The van der Waals surface area contributed by atoms with E-state index >= 15 is 0 Å². The van der Waals surface area contributed by atoms with Gasteiger partial charge in [0.2, 0.25) is 5.91 Å². The average Bonchev–Trinajstić information content (AvgIpc) is 2.91. The Morgan fingerprint density at radius 2 is 2.17 bits per heavy atom. The molecule has 1 amide bonds. The number of pyridine rings is 1. The van der Waals surface area contributed by atoms with Gasteiger partial charge in [-0.3, -0.25) is 4.79 Å². The van der Waals surface area contributed by atoms with Crippen LogP contribution in [-0.4, -0.2) is 34.1 Å². The Bertz CT molecular complexity index is 857. The van der Waals surface area contributed by atoms with E-state index in [9.17, 15) is 4.79 Å².